The SMILES string of the molecule is [C-]#[N+]C[C@H]1CN(c2nc(OC[C@@H]3CCCN3C)nc3c2O[C@H](C)C(c2c(C)ccc4[nH]ncc24)O3)CCN1C(=O)C=C. The van der Waals surface area contributed by atoms with Gasteiger partial charge in [-0.25, -0.2) is 6.57 Å². The molecule has 3 aliphatic rings. The van der Waals surface area contributed by atoms with E-state index < -0.39 is 6.10 Å². The molecule has 3 aromatic rings. The van der Waals surface area contributed by atoms with Crippen LogP contribution in [-0.4, -0.2) is 100 Å². The van der Waals surface area contributed by atoms with E-state index in [1.165, 1.54) is 6.08 Å². The molecule has 2 saturated heterocycles. The molecule has 4 atom stereocenters. The standard InChI is InChI=1S/C30H36N8O4/c1-6-24(39)38-13-12-37(16-21(38)14-31-4)28-27-29(34-30(33-28)40-17-20-8-7-11-36(20)5)42-26(19(3)41-27)25-18(2)9-10-23-22(25)15-32-35-23/h6,9-10,15,19-21,26H,1,7-8,11-14,16-17H2,2-3,5H3,(H,32,35)/t19-,20+,21+,26?/m1/s1. The molecule has 0 aliphatic carbocycles. The molecule has 1 N–H and O–H groups in total. The summed E-state index contributed by atoms with van der Waals surface area (Å²) >= 11 is 0. The fraction of sp³-hybridized carbons (Fsp3) is 0.500. The maximum Gasteiger partial charge on any atom is 0.322 e. The van der Waals surface area contributed by atoms with Gasteiger partial charge in [0.2, 0.25) is 18.2 Å². The van der Waals surface area contributed by atoms with Gasteiger partial charge in [0.25, 0.3) is 5.88 Å². The Balaban J connectivity index is 1.36. The predicted octanol–water partition coefficient (Wildman–Crippen LogP) is 3.16. The third-order valence-corrected chi connectivity index (χ3v) is 8.55. The van der Waals surface area contributed by atoms with Crippen LogP contribution < -0.4 is 19.1 Å². The zero-order valence-electron chi connectivity index (χ0n) is 24.2. The van der Waals surface area contributed by atoms with Crippen LogP contribution in [0.5, 0.6) is 17.6 Å². The number of anilines is 1. The summed E-state index contributed by atoms with van der Waals surface area (Å²) in [7, 11) is 2.10. The number of nitrogens with one attached hydrogen (secondary N) is 1. The third-order valence-electron chi connectivity index (χ3n) is 8.55. The molecule has 3 aliphatic heterocycles. The molecule has 12 nitrogen and oxygen atoms in total. The second kappa shape index (κ2) is 11.5. The minimum absolute atomic E-state index is 0.171. The highest BCUT2D eigenvalue weighted by Gasteiger charge is 2.39. The van der Waals surface area contributed by atoms with Gasteiger partial charge in [0, 0.05) is 36.6 Å². The molecule has 6 rings (SSSR count). The van der Waals surface area contributed by atoms with E-state index in [1.54, 1.807) is 4.90 Å². The predicted molar refractivity (Wildman–Crippen MR) is 157 cm³/mol. The summed E-state index contributed by atoms with van der Waals surface area (Å²) in [5.74, 6) is 1.10. The summed E-state index contributed by atoms with van der Waals surface area (Å²) in [6, 6.07) is 4.23. The van der Waals surface area contributed by atoms with Crippen LogP contribution in [0.25, 0.3) is 15.7 Å². The van der Waals surface area contributed by atoms with E-state index >= 15 is 0 Å². The number of amides is 1. The van der Waals surface area contributed by atoms with Crippen LogP contribution in [0.4, 0.5) is 5.82 Å². The van der Waals surface area contributed by atoms with Crippen LogP contribution in [0.3, 0.4) is 0 Å². The van der Waals surface area contributed by atoms with Crippen LogP contribution >= 0.6 is 0 Å². The molecule has 0 radical (unpaired) electrons. The Morgan fingerprint density at radius 3 is 2.88 bits per heavy atom. The highest BCUT2D eigenvalue weighted by molar-refractivity contribution is 5.87. The summed E-state index contributed by atoms with van der Waals surface area (Å²) < 4.78 is 19.4. The molecular formula is C30H36N8O4. The first-order chi connectivity index (χ1) is 20.4. The number of likely N-dealkylation sites (tertiary alicyclic amines) is 1. The first-order valence-electron chi connectivity index (χ1n) is 14.4. The number of benzene rings is 1. The topological polar surface area (TPSA) is 113 Å². The number of carbonyl (C=O) groups excluding carboxylic acids is 1. The van der Waals surface area contributed by atoms with Gasteiger partial charge in [0.1, 0.15) is 18.8 Å². The number of hydrogen-bond donors (Lipinski definition) is 1. The molecule has 0 bridgehead atoms. The fourth-order valence-corrected chi connectivity index (χ4v) is 6.22. The molecule has 220 valence electrons. The lowest BCUT2D eigenvalue weighted by Gasteiger charge is -2.41. The molecule has 42 heavy (non-hydrogen) atoms. The zero-order chi connectivity index (χ0) is 29.4. The number of ether oxygens (including phenoxy) is 3. The monoisotopic (exact) mass is 572 g/mol. The summed E-state index contributed by atoms with van der Waals surface area (Å²) in [5, 5.41) is 8.25. The number of hydrogen-bond acceptors (Lipinski definition) is 9. The lowest BCUT2D eigenvalue weighted by molar-refractivity contribution is -0.128. The van der Waals surface area contributed by atoms with E-state index in [9.17, 15) is 4.79 Å². The zero-order valence-corrected chi connectivity index (χ0v) is 24.2. The molecule has 2 fully saturated rings. The quantitative estimate of drug-likeness (QED) is 0.337. The average Bonchev–Trinajstić information content (AvgIpc) is 3.64. The Morgan fingerprint density at radius 2 is 2.12 bits per heavy atom. The van der Waals surface area contributed by atoms with Crippen LogP contribution in [0.2, 0.25) is 0 Å². The summed E-state index contributed by atoms with van der Waals surface area (Å²) in [6.45, 7) is 18.1. The normalized spacial score (nSPS) is 24.0. The van der Waals surface area contributed by atoms with E-state index in [0.717, 1.165) is 41.4 Å². The van der Waals surface area contributed by atoms with Crippen molar-refractivity contribution in [3.05, 3.63) is 53.5 Å². The van der Waals surface area contributed by atoms with E-state index in [-0.39, 0.29) is 36.7 Å². The maximum absolute atomic E-state index is 12.5. The van der Waals surface area contributed by atoms with Crippen molar-refractivity contribution < 1.29 is 19.0 Å². The van der Waals surface area contributed by atoms with Crippen molar-refractivity contribution >= 4 is 22.6 Å². The van der Waals surface area contributed by atoms with E-state index in [2.05, 4.69) is 33.6 Å². The number of carbonyl (C=O) groups is 1. The van der Waals surface area contributed by atoms with Crippen LogP contribution in [0, 0.1) is 13.5 Å². The number of aromatic nitrogens is 4. The summed E-state index contributed by atoms with van der Waals surface area (Å²) in [5.41, 5.74) is 2.97. The summed E-state index contributed by atoms with van der Waals surface area (Å²) in [4.78, 5) is 31.7. The van der Waals surface area contributed by atoms with Crippen LogP contribution in [0.1, 0.15) is 37.0 Å². The molecule has 2 aromatic heterocycles. The van der Waals surface area contributed by atoms with Gasteiger partial charge in [-0.3, -0.25) is 9.89 Å². The second-order valence-corrected chi connectivity index (χ2v) is 11.2. The number of aryl methyl sites for hydroxylation is 1. The Bertz CT molecular complexity index is 1530. The number of likely N-dealkylation sites (N-methyl/N-ethyl adjacent to an activating group) is 1. The first-order valence-corrected chi connectivity index (χ1v) is 14.4. The highest BCUT2D eigenvalue weighted by Crippen LogP contribution is 2.46. The van der Waals surface area contributed by atoms with Crippen molar-refractivity contribution in [2.75, 3.05) is 51.3 Å². The number of fused-ring (bicyclic) bond motifs is 2. The molecular weight excluding hydrogens is 536 g/mol. The molecule has 5 heterocycles. The van der Waals surface area contributed by atoms with Gasteiger partial charge in [-0.2, -0.15) is 15.1 Å². The molecule has 1 unspecified atom stereocenters. The average molecular weight is 573 g/mol. The molecule has 12 heteroatoms. The van der Waals surface area contributed by atoms with E-state index in [0.29, 0.717) is 43.7 Å². The Labute approximate surface area is 245 Å². The van der Waals surface area contributed by atoms with Crippen molar-refractivity contribution in [3.8, 4) is 17.6 Å². The molecule has 0 saturated carbocycles. The number of nitrogens with zero attached hydrogens (tertiary/aromatic N) is 7. The highest BCUT2D eigenvalue weighted by atomic mass is 16.6. The Morgan fingerprint density at radius 1 is 1.26 bits per heavy atom. The van der Waals surface area contributed by atoms with Gasteiger partial charge in [-0.1, -0.05) is 12.6 Å². The largest absolute Gasteiger partial charge is 0.478 e. The van der Waals surface area contributed by atoms with E-state index in [4.69, 9.17) is 30.8 Å². The van der Waals surface area contributed by atoms with Crippen molar-refractivity contribution in [1.29, 1.82) is 0 Å². The van der Waals surface area contributed by atoms with Crippen molar-refractivity contribution in [2.45, 2.75) is 51.0 Å². The number of H-pyrrole nitrogens is 1. The fourth-order valence-electron chi connectivity index (χ4n) is 6.22. The maximum atomic E-state index is 12.5. The third kappa shape index (κ3) is 5.09. The van der Waals surface area contributed by atoms with Gasteiger partial charge in [0.05, 0.1) is 11.7 Å². The first kappa shape index (κ1) is 27.8. The van der Waals surface area contributed by atoms with Gasteiger partial charge in [0.15, 0.2) is 11.9 Å². The molecule has 1 amide bonds. The van der Waals surface area contributed by atoms with Crippen molar-refractivity contribution in [2.24, 2.45) is 0 Å². The lowest BCUT2D eigenvalue weighted by Crippen LogP contribution is -2.56. The van der Waals surface area contributed by atoms with Crippen molar-refractivity contribution in [1.82, 2.24) is 30.0 Å². The van der Waals surface area contributed by atoms with Gasteiger partial charge in [-0.05, 0) is 58.0 Å². The molecule has 0 spiro atoms. The molecule has 1 aromatic carbocycles. The van der Waals surface area contributed by atoms with Crippen LogP contribution in [0.15, 0.2) is 31.0 Å². The van der Waals surface area contributed by atoms with Gasteiger partial charge in [-0.15, -0.1) is 0 Å². The Hall–Kier alpha value is -4.37. The number of aromatic amines is 1. The Kier molecular flexibility index (Phi) is 7.60. The minimum atomic E-state index is -0.438. The second-order valence-electron chi connectivity index (χ2n) is 11.2. The summed E-state index contributed by atoms with van der Waals surface area (Å²) in [6.07, 6.45) is 4.49. The smallest absolute Gasteiger partial charge is 0.322 e. The van der Waals surface area contributed by atoms with Crippen LogP contribution in [-0.2, 0) is 4.79 Å². The number of piperazine rings is 1. The van der Waals surface area contributed by atoms with Gasteiger partial charge < -0.3 is 33.8 Å². The van der Waals surface area contributed by atoms with Gasteiger partial charge >= 0.3 is 6.01 Å². The number of rotatable bonds is 7. The lowest BCUT2D eigenvalue weighted by atomic mass is 9.95. The van der Waals surface area contributed by atoms with Crippen molar-refractivity contribution in [3.63, 3.8) is 0 Å². The van der Waals surface area contributed by atoms with E-state index in [1.807, 2.05) is 37.1 Å². The minimum Gasteiger partial charge on any atom is -0.478 e.